The second kappa shape index (κ2) is 8.32. The molecule has 2 aliphatic rings. The molecular weight excluding hydrogens is 450 g/mol. The molecule has 2 atom stereocenters. The van der Waals surface area contributed by atoms with Crippen molar-refractivity contribution in [3.63, 3.8) is 0 Å². The normalized spacial score (nSPS) is 20.7. The molecule has 2 nitrogen and oxygen atoms in total. The van der Waals surface area contributed by atoms with Gasteiger partial charge in [0, 0.05) is 27.8 Å². The molecule has 2 unspecified atom stereocenters. The summed E-state index contributed by atoms with van der Waals surface area (Å²) in [6, 6.07) is 31.5. The fourth-order valence-corrected chi connectivity index (χ4v) is 5.85. The Labute approximate surface area is 212 Å². The molecule has 0 aliphatic carbocycles. The van der Waals surface area contributed by atoms with E-state index >= 15 is 0 Å². The van der Waals surface area contributed by atoms with Crippen molar-refractivity contribution < 1.29 is 4.74 Å². The van der Waals surface area contributed by atoms with E-state index in [0.29, 0.717) is 0 Å². The van der Waals surface area contributed by atoms with Gasteiger partial charge in [0.1, 0.15) is 11.9 Å². The van der Waals surface area contributed by atoms with Crippen molar-refractivity contribution in [2.75, 3.05) is 5.32 Å². The van der Waals surface area contributed by atoms with Gasteiger partial charge in [0.05, 0.1) is 5.54 Å². The number of hydrogen-bond donors (Lipinski definition) is 1. The Morgan fingerprint density at radius 2 is 1.51 bits per heavy atom. The van der Waals surface area contributed by atoms with Gasteiger partial charge in [-0.3, -0.25) is 0 Å². The highest BCUT2D eigenvalue weighted by molar-refractivity contribution is 6.30. The second-order valence-corrected chi connectivity index (χ2v) is 10.5. The summed E-state index contributed by atoms with van der Waals surface area (Å²) < 4.78 is 6.71. The summed E-state index contributed by atoms with van der Waals surface area (Å²) in [5.74, 6) is 1.12. The number of benzene rings is 4. The molecule has 0 radical (unpaired) electrons. The predicted molar refractivity (Wildman–Crippen MR) is 146 cm³/mol. The van der Waals surface area contributed by atoms with Gasteiger partial charge in [0.15, 0.2) is 0 Å². The monoisotopic (exact) mass is 477 g/mol. The zero-order chi connectivity index (χ0) is 24.2. The Morgan fingerprint density at radius 3 is 2.29 bits per heavy atom. The third-order valence-corrected chi connectivity index (χ3v) is 7.59. The van der Waals surface area contributed by atoms with Crippen LogP contribution in [0.15, 0.2) is 96.6 Å². The van der Waals surface area contributed by atoms with Gasteiger partial charge in [-0.25, -0.2) is 0 Å². The molecule has 0 fully saturated rings. The molecule has 0 spiro atoms. The average molecular weight is 478 g/mol. The van der Waals surface area contributed by atoms with Crippen molar-refractivity contribution in [1.29, 1.82) is 0 Å². The van der Waals surface area contributed by atoms with E-state index in [1.807, 2.05) is 18.2 Å². The van der Waals surface area contributed by atoms with Crippen LogP contribution in [-0.4, -0.2) is 5.54 Å². The van der Waals surface area contributed by atoms with Crippen molar-refractivity contribution in [3.8, 4) is 16.9 Å². The highest BCUT2D eigenvalue weighted by atomic mass is 35.5. The molecule has 0 aromatic heterocycles. The molecule has 2 aliphatic heterocycles. The van der Waals surface area contributed by atoms with Crippen LogP contribution in [0.3, 0.4) is 0 Å². The Kier molecular flexibility index (Phi) is 5.23. The molecule has 2 heterocycles. The van der Waals surface area contributed by atoms with Crippen LogP contribution in [-0.2, 0) is 0 Å². The molecule has 35 heavy (non-hydrogen) atoms. The zero-order valence-electron chi connectivity index (χ0n) is 20.2. The molecule has 0 amide bonds. The van der Waals surface area contributed by atoms with Crippen molar-refractivity contribution in [2.45, 2.75) is 38.3 Å². The quantitative estimate of drug-likeness (QED) is 0.311. The lowest BCUT2D eigenvalue weighted by Crippen LogP contribution is -2.40. The van der Waals surface area contributed by atoms with E-state index in [1.54, 1.807) is 0 Å². The van der Waals surface area contributed by atoms with Gasteiger partial charge in [-0.05, 0) is 65.9 Å². The highest BCUT2D eigenvalue weighted by Crippen LogP contribution is 2.53. The Balaban J connectivity index is 1.60. The molecule has 6 rings (SSSR count). The van der Waals surface area contributed by atoms with Crippen LogP contribution in [0.25, 0.3) is 17.2 Å². The topological polar surface area (TPSA) is 21.3 Å². The summed E-state index contributed by atoms with van der Waals surface area (Å²) in [7, 11) is 0. The fourth-order valence-electron chi connectivity index (χ4n) is 5.72. The summed E-state index contributed by atoms with van der Waals surface area (Å²) in [4.78, 5) is 0. The van der Waals surface area contributed by atoms with Gasteiger partial charge < -0.3 is 10.1 Å². The van der Waals surface area contributed by atoms with E-state index in [0.717, 1.165) is 21.9 Å². The lowest BCUT2D eigenvalue weighted by molar-refractivity contribution is 0.242. The van der Waals surface area contributed by atoms with Crippen LogP contribution in [0.2, 0.25) is 5.02 Å². The maximum Gasteiger partial charge on any atom is 0.150 e. The first kappa shape index (κ1) is 22.0. The van der Waals surface area contributed by atoms with Gasteiger partial charge in [0.2, 0.25) is 0 Å². The average Bonchev–Trinajstić information content (AvgIpc) is 2.86. The Bertz CT molecular complexity index is 1440. The van der Waals surface area contributed by atoms with Gasteiger partial charge in [-0.1, -0.05) is 91.3 Å². The van der Waals surface area contributed by atoms with Crippen LogP contribution in [0, 0.1) is 0 Å². The highest BCUT2D eigenvalue weighted by Gasteiger charge is 2.40. The molecule has 4 aromatic carbocycles. The molecule has 0 saturated carbocycles. The number of fused-ring (bicyclic) bond motifs is 5. The van der Waals surface area contributed by atoms with Crippen LogP contribution >= 0.6 is 11.6 Å². The van der Waals surface area contributed by atoms with Crippen molar-refractivity contribution in [2.24, 2.45) is 0 Å². The number of nitrogens with one attached hydrogen (secondary N) is 1. The molecular formula is C32H28ClNO. The summed E-state index contributed by atoms with van der Waals surface area (Å²) in [5, 5.41) is 4.57. The fraction of sp³-hybridized carbons (Fsp3) is 0.188. The molecule has 0 bridgehead atoms. The van der Waals surface area contributed by atoms with Crippen LogP contribution in [0.5, 0.6) is 5.75 Å². The first-order chi connectivity index (χ1) is 16.9. The summed E-state index contributed by atoms with van der Waals surface area (Å²) in [6.07, 6.45) is 2.13. The van der Waals surface area contributed by atoms with E-state index in [-0.39, 0.29) is 17.6 Å². The van der Waals surface area contributed by atoms with E-state index in [1.165, 1.54) is 33.5 Å². The lowest BCUT2D eigenvalue weighted by atomic mass is 9.72. The third-order valence-electron chi connectivity index (χ3n) is 7.33. The minimum absolute atomic E-state index is 0.181. The lowest BCUT2D eigenvalue weighted by Gasteiger charge is -2.43. The number of rotatable bonds is 2. The number of halogens is 1. The predicted octanol–water partition coefficient (Wildman–Crippen LogP) is 8.88. The molecule has 0 saturated heterocycles. The van der Waals surface area contributed by atoms with Crippen LogP contribution in [0.1, 0.15) is 55.0 Å². The van der Waals surface area contributed by atoms with Gasteiger partial charge in [-0.15, -0.1) is 0 Å². The maximum absolute atomic E-state index is 6.71. The second-order valence-electron chi connectivity index (χ2n) is 10.0. The minimum atomic E-state index is -0.212. The number of anilines is 1. The van der Waals surface area contributed by atoms with E-state index in [2.05, 4.69) is 105 Å². The molecule has 174 valence electrons. The SMILES string of the molecule is CC1C(=Cc2ccccc2)C(C)(C)Nc2ccc3c(c21)C(c1ccc(Cl)cc1)Oc1ccccc1-3. The van der Waals surface area contributed by atoms with Gasteiger partial charge in [-0.2, -0.15) is 0 Å². The summed E-state index contributed by atoms with van der Waals surface area (Å²) in [5.41, 5.74) is 9.58. The van der Waals surface area contributed by atoms with Crippen molar-refractivity contribution >= 4 is 23.4 Å². The van der Waals surface area contributed by atoms with Crippen LogP contribution < -0.4 is 10.1 Å². The number of para-hydroxylation sites is 1. The Hall–Kier alpha value is -3.49. The molecule has 4 aromatic rings. The number of ether oxygens (including phenoxy) is 1. The largest absolute Gasteiger partial charge is 0.480 e. The smallest absolute Gasteiger partial charge is 0.150 e. The van der Waals surface area contributed by atoms with Crippen LogP contribution in [0.4, 0.5) is 5.69 Å². The van der Waals surface area contributed by atoms with Crippen molar-refractivity contribution in [3.05, 3.63) is 124 Å². The van der Waals surface area contributed by atoms with E-state index in [4.69, 9.17) is 16.3 Å². The van der Waals surface area contributed by atoms with E-state index < -0.39 is 0 Å². The minimum Gasteiger partial charge on any atom is -0.480 e. The van der Waals surface area contributed by atoms with Crippen molar-refractivity contribution in [1.82, 2.24) is 0 Å². The molecule has 1 N–H and O–H groups in total. The molecule has 3 heteroatoms. The maximum atomic E-state index is 6.71. The first-order valence-corrected chi connectivity index (χ1v) is 12.5. The Morgan fingerprint density at radius 1 is 0.800 bits per heavy atom. The third kappa shape index (κ3) is 3.73. The standard InChI is InChI=1S/C32H28ClNO/c1-20-26(19-21-9-5-4-6-10-21)32(2,3)34-27-18-17-25-24-11-7-8-12-28(24)35-31(30(25)29(20)27)22-13-15-23(33)16-14-22/h4-20,31,34H,1-3H3. The van der Waals surface area contributed by atoms with Gasteiger partial charge in [0.25, 0.3) is 0 Å². The first-order valence-electron chi connectivity index (χ1n) is 12.2. The zero-order valence-corrected chi connectivity index (χ0v) is 20.9. The summed E-state index contributed by atoms with van der Waals surface area (Å²) in [6.45, 7) is 6.86. The van der Waals surface area contributed by atoms with Gasteiger partial charge >= 0.3 is 0 Å². The summed E-state index contributed by atoms with van der Waals surface area (Å²) >= 11 is 6.24. The number of hydrogen-bond acceptors (Lipinski definition) is 2. The van der Waals surface area contributed by atoms with E-state index in [9.17, 15) is 0 Å².